The van der Waals surface area contributed by atoms with Crippen molar-refractivity contribution in [3.05, 3.63) is 75.1 Å². The monoisotopic (exact) mass is 444 g/mol. The van der Waals surface area contributed by atoms with Crippen molar-refractivity contribution in [2.24, 2.45) is 0 Å². The van der Waals surface area contributed by atoms with Crippen molar-refractivity contribution in [1.82, 2.24) is 4.98 Å². The van der Waals surface area contributed by atoms with E-state index in [9.17, 15) is 40.7 Å². The van der Waals surface area contributed by atoms with Crippen LogP contribution in [0.2, 0.25) is 0 Å². The molecule has 3 rings (SSSR count). The van der Waals surface area contributed by atoms with E-state index < -0.39 is 51.9 Å². The topological polar surface area (TPSA) is 99.3 Å². The van der Waals surface area contributed by atoms with Gasteiger partial charge in [-0.25, -0.2) is 4.79 Å². The summed E-state index contributed by atoms with van der Waals surface area (Å²) in [5.74, 6) is -2.80. The lowest BCUT2D eigenvalue weighted by Gasteiger charge is -2.14. The van der Waals surface area contributed by atoms with Gasteiger partial charge >= 0.3 is 18.3 Å². The molecule has 0 saturated heterocycles. The fourth-order valence-corrected chi connectivity index (χ4v) is 2.74. The molecule has 1 amide bonds. The van der Waals surface area contributed by atoms with Crippen LogP contribution < -0.4 is 10.7 Å². The smallest absolute Gasteiger partial charge is 0.416 e. The molecule has 0 aliphatic rings. The van der Waals surface area contributed by atoms with Crippen LogP contribution in [-0.4, -0.2) is 22.0 Å². The number of anilines is 1. The molecule has 0 aliphatic heterocycles. The fraction of sp³-hybridized carbons (Fsp3) is 0.105. The number of nitrogens with one attached hydrogen (secondary N) is 2. The Morgan fingerprint density at radius 3 is 2.00 bits per heavy atom. The van der Waals surface area contributed by atoms with E-state index in [0.29, 0.717) is 0 Å². The van der Waals surface area contributed by atoms with Crippen molar-refractivity contribution in [2.45, 2.75) is 12.4 Å². The van der Waals surface area contributed by atoms with E-state index >= 15 is 0 Å². The van der Waals surface area contributed by atoms with E-state index in [1.165, 1.54) is 12.1 Å². The van der Waals surface area contributed by atoms with Crippen LogP contribution in [0.15, 0.2) is 47.4 Å². The molecule has 0 fully saturated rings. The molecule has 0 bridgehead atoms. The number of fused-ring (bicyclic) bond motifs is 1. The van der Waals surface area contributed by atoms with E-state index in [2.05, 4.69) is 10.3 Å². The predicted octanol–water partition coefficient (Wildman–Crippen LogP) is 4.52. The van der Waals surface area contributed by atoms with Crippen LogP contribution in [-0.2, 0) is 12.4 Å². The zero-order valence-electron chi connectivity index (χ0n) is 15.0. The third-order valence-corrected chi connectivity index (χ3v) is 4.22. The van der Waals surface area contributed by atoms with Gasteiger partial charge in [0.1, 0.15) is 5.56 Å². The van der Waals surface area contributed by atoms with Crippen molar-refractivity contribution < 1.29 is 41.0 Å². The molecule has 31 heavy (non-hydrogen) atoms. The third kappa shape index (κ3) is 4.52. The van der Waals surface area contributed by atoms with Gasteiger partial charge in [-0.05, 0) is 36.4 Å². The highest BCUT2D eigenvalue weighted by Gasteiger charge is 2.37. The van der Waals surface area contributed by atoms with E-state index in [4.69, 9.17) is 5.11 Å². The number of alkyl halides is 6. The predicted molar refractivity (Wildman–Crippen MR) is 95.9 cm³/mol. The number of amides is 1. The van der Waals surface area contributed by atoms with Gasteiger partial charge < -0.3 is 15.4 Å². The molecular formula is C19H10F6N2O4. The summed E-state index contributed by atoms with van der Waals surface area (Å²) >= 11 is 0. The molecule has 0 atom stereocenters. The van der Waals surface area contributed by atoms with Crippen molar-refractivity contribution in [1.29, 1.82) is 0 Å². The number of hydrogen-bond acceptors (Lipinski definition) is 3. The van der Waals surface area contributed by atoms with Gasteiger partial charge in [-0.15, -0.1) is 0 Å². The number of aromatic nitrogens is 1. The second kappa shape index (κ2) is 7.45. The first-order chi connectivity index (χ1) is 14.3. The van der Waals surface area contributed by atoms with E-state index in [0.717, 1.165) is 12.3 Å². The maximum Gasteiger partial charge on any atom is 0.416 e. The number of carbonyl (C=O) groups is 2. The van der Waals surface area contributed by atoms with Crippen LogP contribution in [0.1, 0.15) is 31.8 Å². The Kier molecular flexibility index (Phi) is 5.26. The number of aromatic amines is 1. The van der Waals surface area contributed by atoms with Crippen LogP contribution in [0.5, 0.6) is 0 Å². The van der Waals surface area contributed by atoms with Gasteiger partial charge in [0.15, 0.2) is 0 Å². The average Bonchev–Trinajstić information content (AvgIpc) is 2.66. The van der Waals surface area contributed by atoms with E-state index in [1.807, 2.05) is 0 Å². The second-order valence-corrected chi connectivity index (χ2v) is 6.35. The third-order valence-electron chi connectivity index (χ3n) is 4.22. The number of carbonyl (C=O) groups excluding carboxylic acids is 1. The van der Waals surface area contributed by atoms with Gasteiger partial charge in [-0.2, -0.15) is 26.3 Å². The number of benzene rings is 2. The number of aromatic carboxylic acids is 1. The van der Waals surface area contributed by atoms with Crippen molar-refractivity contribution in [2.75, 3.05) is 5.32 Å². The maximum absolute atomic E-state index is 13.0. The van der Waals surface area contributed by atoms with Gasteiger partial charge in [0.2, 0.25) is 5.43 Å². The van der Waals surface area contributed by atoms with Crippen LogP contribution in [0.3, 0.4) is 0 Å². The van der Waals surface area contributed by atoms with Gasteiger partial charge in [-0.1, -0.05) is 0 Å². The Morgan fingerprint density at radius 2 is 1.48 bits per heavy atom. The van der Waals surface area contributed by atoms with Crippen molar-refractivity contribution >= 4 is 28.5 Å². The molecule has 2 aromatic carbocycles. The number of hydrogen-bond donors (Lipinski definition) is 3. The van der Waals surface area contributed by atoms with Crippen molar-refractivity contribution in [3.8, 4) is 0 Å². The molecule has 3 N–H and O–H groups in total. The molecule has 0 spiro atoms. The largest absolute Gasteiger partial charge is 0.477 e. The van der Waals surface area contributed by atoms with Crippen LogP contribution >= 0.6 is 0 Å². The van der Waals surface area contributed by atoms with Gasteiger partial charge in [0.25, 0.3) is 5.91 Å². The first kappa shape index (κ1) is 21.9. The number of rotatable bonds is 3. The average molecular weight is 444 g/mol. The normalized spacial score (nSPS) is 12.1. The standard InChI is InChI=1S/C19H10F6N2O4/c20-18(21,22)9-3-8(4-10(5-9)19(23,24)25)16(29)27-11-1-2-14-12(6-11)15(28)13(7-26-14)17(30)31/h1-7H,(H,26,28)(H,27,29)(H,30,31). The number of carboxylic acid groups (broad SMARTS) is 1. The molecule has 162 valence electrons. The highest BCUT2D eigenvalue weighted by molar-refractivity contribution is 6.05. The molecule has 6 nitrogen and oxygen atoms in total. The summed E-state index contributed by atoms with van der Waals surface area (Å²) in [7, 11) is 0. The molecular weight excluding hydrogens is 434 g/mol. The lowest BCUT2D eigenvalue weighted by molar-refractivity contribution is -0.143. The molecule has 1 heterocycles. The Labute approximate surface area is 168 Å². The Morgan fingerprint density at radius 1 is 0.903 bits per heavy atom. The summed E-state index contributed by atoms with van der Waals surface area (Å²) in [4.78, 5) is 38.2. The summed E-state index contributed by atoms with van der Waals surface area (Å²) in [5, 5.41) is 11.0. The Bertz CT molecular complexity index is 1230. The summed E-state index contributed by atoms with van der Waals surface area (Å²) in [6.07, 6.45) is -9.29. The zero-order chi connectivity index (χ0) is 23.1. The highest BCUT2D eigenvalue weighted by Crippen LogP contribution is 2.36. The molecule has 0 saturated carbocycles. The van der Waals surface area contributed by atoms with E-state index in [-0.39, 0.29) is 34.8 Å². The van der Waals surface area contributed by atoms with E-state index in [1.54, 1.807) is 0 Å². The van der Waals surface area contributed by atoms with Crippen LogP contribution in [0.4, 0.5) is 32.0 Å². The minimum Gasteiger partial charge on any atom is -0.477 e. The van der Waals surface area contributed by atoms with Crippen LogP contribution in [0.25, 0.3) is 10.9 Å². The van der Waals surface area contributed by atoms with Gasteiger partial charge in [-0.3, -0.25) is 9.59 Å². The molecule has 3 aromatic rings. The first-order valence-electron chi connectivity index (χ1n) is 8.27. The zero-order valence-corrected chi connectivity index (χ0v) is 15.0. The summed E-state index contributed by atoms with van der Waals surface area (Å²) in [5.41, 5.74) is -5.65. The van der Waals surface area contributed by atoms with Crippen LogP contribution in [0, 0.1) is 0 Å². The molecule has 0 unspecified atom stereocenters. The van der Waals surface area contributed by atoms with Gasteiger partial charge in [0, 0.05) is 28.4 Å². The lowest BCUT2D eigenvalue weighted by atomic mass is 10.0. The summed E-state index contributed by atoms with van der Waals surface area (Å²) < 4.78 is 77.8. The Balaban J connectivity index is 2.03. The molecule has 0 aliphatic carbocycles. The number of pyridine rings is 1. The lowest BCUT2D eigenvalue weighted by Crippen LogP contribution is -2.18. The Hall–Kier alpha value is -3.83. The number of halogens is 6. The highest BCUT2D eigenvalue weighted by atomic mass is 19.4. The molecule has 12 heteroatoms. The number of H-pyrrole nitrogens is 1. The molecule has 0 radical (unpaired) electrons. The van der Waals surface area contributed by atoms with Crippen molar-refractivity contribution in [3.63, 3.8) is 0 Å². The van der Waals surface area contributed by atoms with Gasteiger partial charge in [0.05, 0.1) is 11.1 Å². The first-order valence-corrected chi connectivity index (χ1v) is 8.27. The minimum atomic E-state index is -5.13. The second-order valence-electron chi connectivity index (χ2n) is 6.35. The summed E-state index contributed by atoms with van der Waals surface area (Å²) in [6, 6.07) is 3.98. The quantitative estimate of drug-likeness (QED) is 0.518. The molecule has 1 aromatic heterocycles. The SMILES string of the molecule is O=C(Nc1ccc2[nH]cc(C(=O)O)c(=O)c2c1)c1cc(C(F)(F)F)cc(C(F)(F)F)c1. The maximum atomic E-state index is 13.0. The number of carboxylic acids is 1. The fourth-order valence-electron chi connectivity index (χ4n) is 2.74. The summed E-state index contributed by atoms with van der Waals surface area (Å²) in [6.45, 7) is 0. The minimum absolute atomic E-state index is 0.111.